The van der Waals surface area contributed by atoms with Crippen molar-refractivity contribution in [1.29, 1.82) is 0 Å². The van der Waals surface area contributed by atoms with Crippen LogP contribution < -0.4 is 10.1 Å². The number of carbonyl (C=O) groups is 1. The van der Waals surface area contributed by atoms with Crippen molar-refractivity contribution in [3.05, 3.63) is 59.0 Å². The fraction of sp³-hybridized carbons (Fsp3) is 0.435. The lowest BCUT2D eigenvalue weighted by atomic mass is 9.81. The average Bonchev–Trinajstić information content (AvgIpc) is 3.32. The highest BCUT2D eigenvalue weighted by molar-refractivity contribution is 5.71. The summed E-state index contributed by atoms with van der Waals surface area (Å²) >= 11 is 0. The van der Waals surface area contributed by atoms with Crippen LogP contribution in [0.25, 0.3) is 0 Å². The first-order valence-corrected chi connectivity index (χ1v) is 10.9. The first-order chi connectivity index (χ1) is 15.5. The molecule has 3 N–H and O–H groups in total. The maximum atomic E-state index is 12.0. The molecule has 0 radical (unpaired) electrons. The smallest absolute Gasteiger partial charge is 0.307 e. The second-order valence-electron chi connectivity index (χ2n) is 8.58. The largest absolute Gasteiger partial charge is 0.481 e. The van der Waals surface area contributed by atoms with Crippen LogP contribution in [0.5, 0.6) is 11.6 Å². The molecular weight excluding hydrogens is 408 g/mol. The van der Waals surface area contributed by atoms with Gasteiger partial charge in [-0.1, -0.05) is 37.3 Å². The third-order valence-electron chi connectivity index (χ3n) is 5.79. The van der Waals surface area contributed by atoms with Gasteiger partial charge in [-0.3, -0.25) is 4.79 Å². The van der Waals surface area contributed by atoms with Crippen LogP contribution in [0.3, 0.4) is 0 Å². The molecule has 9 nitrogen and oxygen atoms in total. The van der Waals surface area contributed by atoms with Crippen molar-refractivity contribution >= 4 is 5.97 Å². The van der Waals surface area contributed by atoms with Gasteiger partial charge in [0.05, 0.1) is 5.92 Å². The van der Waals surface area contributed by atoms with Crippen LogP contribution in [-0.4, -0.2) is 43.2 Å². The summed E-state index contributed by atoms with van der Waals surface area (Å²) < 4.78 is 6.07. The summed E-state index contributed by atoms with van der Waals surface area (Å²) in [6.45, 7) is 5.79. The minimum absolute atomic E-state index is 0.228. The van der Waals surface area contributed by atoms with Gasteiger partial charge in [-0.15, -0.1) is 10.2 Å². The van der Waals surface area contributed by atoms with E-state index < -0.39 is 17.8 Å². The predicted octanol–water partition coefficient (Wildman–Crippen LogP) is 3.11. The zero-order valence-electron chi connectivity index (χ0n) is 18.3. The van der Waals surface area contributed by atoms with Crippen LogP contribution in [0.4, 0.5) is 0 Å². The molecule has 3 heterocycles. The normalized spacial score (nSPS) is 15.2. The number of nitrogens with one attached hydrogen (secondary N) is 2. The fourth-order valence-corrected chi connectivity index (χ4v) is 4.24. The average molecular weight is 437 g/mol. The molecule has 2 atom stereocenters. The number of benzene rings is 1. The Hall–Kier alpha value is -3.33. The van der Waals surface area contributed by atoms with Gasteiger partial charge in [0, 0.05) is 30.3 Å². The molecule has 0 spiro atoms. The highest BCUT2D eigenvalue weighted by Gasteiger charge is 2.33. The lowest BCUT2D eigenvalue weighted by Gasteiger charge is -2.23. The number of tetrazole rings is 1. The number of nitrogens with zero attached hydrogens (tertiary/aromatic N) is 4. The van der Waals surface area contributed by atoms with Crippen molar-refractivity contribution in [2.45, 2.75) is 45.6 Å². The van der Waals surface area contributed by atoms with E-state index in [1.165, 1.54) is 11.1 Å². The lowest BCUT2D eigenvalue weighted by molar-refractivity contribution is -0.143. The van der Waals surface area contributed by atoms with Gasteiger partial charge in [-0.05, 0) is 48.9 Å². The molecule has 168 valence electrons. The third-order valence-corrected chi connectivity index (χ3v) is 5.79. The van der Waals surface area contributed by atoms with Gasteiger partial charge in [0.25, 0.3) is 0 Å². The van der Waals surface area contributed by atoms with Crippen molar-refractivity contribution in [3.63, 3.8) is 0 Å². The van der Waals surface area contributed by atoms with Gasteiger partial charge in [-0.2, -0.15) is 5.21 Å². The second kappa shape index (κ2) is 9.86. The van der Waals surface area contributed by atoms with E-state index in [0.717, 1.165) is 30.8 Å². The Balaban J connectivity index is 1.52. The van der Waals surface area contributed by atoms with E-state index >= 15 is 0 Å². The topological polar surface area (TPSA) is 126 Å². The Labute approximate surface area is 186 Å². The van der Waals surface area contributed by atoms with E-state index in [0.29, 0.717) is 24.5 Å². The summed E-state index contributed by atoms with van der Waals surface area (Å²) in [6, 6.07) is 9.81. The molecule has 0 aliphatic carbocycles. The highest BCUT2D eigenvalue weighted by Crippen LogP contribution is 2.32. The van der Waals surface area contributed by atoms with Gasteiger partial charge < -0.3 is 15.2 Å². The van der Waals surface area contributed by atoms with E-state index in [4.69, 9.17) is 4.74 Å². The fourth-order valence-electron chi connectivity index (χ4n) is 4.24. The molecule has 2 aromatic heterocycles. The summed E-state index contributed by atoms with van der Waals surface area (Å²) in [5.74, 6) is 0.0912. The molecule has 0 bridgehead atoms. The van der Waals surface area contributed by atoms with E-state index in [2.05, 4.69) is 37.0 Å². The molecule has 0 fully saturated rings. The number of aliphatic carboxylic acids is 1. The summed E-state index contributed by atoms with van der Waals surface area (Å²) in [4.78, 5) is 16.5. The van der Waals surface area contributed by atoms with E-state index in [9.17, 15) is 9.90 Å². The van der Waals surface area contributed by atoms with Gasteiger partial charge in [0.1, 0.15) is 5.75 Å². The monoisotopic (exact) mass is 436 g/mol. The van der Waals surface area contributed by atoms with Crippen molar-refractivity contribution < 1.29 is 14.6 Å². The number of pyridine rings is 1. The number of hydrogen-bond donors (Lipinski definition) is 3. The number of aromatic amines is 1. The van der Waals surface area contributed by atoms with Crippen molar-refractivity contribution in [1.82, 2.24) is 30.9 Å². The molecule has 0 saturated carbocycles. The number of fused-ring (bicyclic) bond motifs is 1. The Morgan fingerprint density at radius 2 is 2.12 bits per heavy atom. The standard InChI is InChI=1S/C23H28N6O3/c1-14(2)10-19(23(30)31)18(22-26-28-29-27-22)11-15-6-7-21(25-12-15)32-20-5-3-4-16-13-24-9-8-17(16)20/h3-7,12,14,18-19,24H,8-11,13H2,1-2H3,(H,30,31)(H,26,27,28,29)/t18-,19-/m0/s1. The SMILES string of the molecule is CC(C)C[C@H](C(=O)O)[C@H](Cc1ccc(Oc2cccc3c2CCNC3)nc1)c1nn[nH]n1. The highest BCUT2D eigenvalue weighted by atomic mass is 16.5. The molecule has 32 heavy (non-hydrogen) atoms. The Morgan fingerprint density at radius 1 is 1.25 bits per heavy atom. The molecule has 1 aromatic carbocycles. The molecule has 4 rings (SSSR count). The molecule has 1 aliphatic heterocycles. The Morgan fingerprint density at radius 3 is 2.81 bits per heavy atom. The zero-order chi connectivity index (χ0) is 22.5. The van der Waals surface area contributed by atoms with E-state index in [-0.39, 0.29) is 5.92 Å². The van der Waals surface area contributed by atoms with E-state index in [1.807, 2.05) is 38.1 Å². The number of rotatable bonds is 9. The number of ether oxygens (including phenoxy) is 1. The summed E-state index contributed by atoms with van der Waals surface area (Å²) in [6.07, 6.45) is 3.62. The molecule has 1 aliphatic rings. The first kappa shape index (κ1) is 21.9. The molecule has 0 unspecified atom stereocenters. The maximum absolute atomic E-state index is 12.0. The summed E-state index contributed by atoms with van der Waals surface area (Å²) in [5.41, 5.74) is 3.35. The van der Waals surface area contributed by atoms with Gasteiger partial charge >= 0.3 is 5.97 Å². The maximum Gasteiger partial charge on any atom is 0.307 e. The Bertz CT molecular complexity index is 1040. The minimum Gasteiger partial charge on any atom is -0.481 e. The van der Waals surface area contributed by atoms with Crippen LogP contribution in [0.2, 0.25) is 0 Å². The number of H-pyrrole nitrogens is 1. The molecule has 0 amide bonds. The zero-order valence-corrected chi connectivity index (χ0v) is 18.3. The molecule has 3 aromatic rings. The molecule has 0 saturated heterocycles. The van der Waals surface area contributed by atoms with Gasteiger partial charge in [0.2, 0.25) is 5.88 Å². The quantitative estimate of drug-likeness (QED) is 0.467. The first-order valence-electron chi connectivity index (χ1n) is 10.9. The van der Waals surface area contributed by atoms with Crippen molar-refractivity contribution in [2.75, 3.05) is 6.54 Å². The van der Waals surface area contributed by atoms with E-state index in [1.54, 1.807) is 6.20 Å². The third kappa shape index (κ3) is 5.11. The van der Waals surface area contributed by atoms with Crippen LogP contribution >= 0.6 is 0 Å². The van der Waals surface area contributed by atoms with Gasteiger partial charge in [0.15, 0.2) is 5.82 Å². The number of carboxylic acids is 1. The molecular formula is C23H28N6O3. The summed E-state index contributed by atoms with van der Waals surface area (Å²) in [7, 11) is 0. The number of aromatic nitrogens is 5. The van der Waals surface area contributed by atoms with Crippen molar-refractivity contribution in [2.24, 2.45) is 11.8 Å². The van der Waals surface area contributed by atoms with Crippen LogP contribution in [-0.2, 0) is 24.2 Å². The van der Waals surface area contributed by atoms with Gasteiger partial charge in [-0.25, -0.2) is 4.98 Å². The van der Waals surface area contributed by atoms with Crippen LogP contribution in [0, 0.1) is 11.8 Å². The minimum atomic E-state index is -0.857. The summed E-state index contributed by atoms with van der Waals surface area (Å²) in [5, 5.41) is 27.4. The molecule has 9 heteroatoms. The van der Waals surface area contributed by atoms with Crippen LogP contribution in [0.15, 0.2) is 36.5 Å². The number of carboxylic acid groups (broad SMARTS) is 1. The number of hydrogen-bond acceptors (Lipinski definition) is 7. The second-order valence-corrected chi connectivity index (χ2v) is 8.58. The predicted molar refractivity (Wildman–Crippen MR) is 117 cm³/mol. The van der Waals surface area contributed by atoms with Crippen LogP contribution in [0.1, 0.15) is 48.7 Å². The lowest BCUT2D eigenvalue weighted by Crippen LogP contribution is -2.26. The Kier molecular flexibility index (Phi) is 6.75. The van der Waals surface area contributed by atoms with Crippen molar-refractivity contribution in [3.8, 4) is 11.6 Å².